The Kier molecular flexibility index (Phi) is 5.98. The first kappa shape index (κ1) is 20.7. The number of aromatic nitrogens is 1. The van der Waals surface area contributed by atoms with Gasteiger partial charge in [0.1, 0.15) is 0 Å². The third-order valence-corrected chi connectivity index (χ3v) is 6.68. The third-order valence-electron chi connectivity index (χ3n) is 5.74. The third kappa shape index (κ3) is 4.45. The van der Waals surface area contributed by atoms with Crippen molar-refractivity contribution in [3.05, 3.63) is 93.4 Å². The number of carbonyl (C=O) groups excluding carboxylic acids is 1. The molecule has 0 saturated carbocycles. The van der Waals surface area contributed by atoms with Crippen LogP contribution in [0.2, 0.25) is 0 Å². The first-order chi connectivity index (χ1) is 14.4. The number of aryl methyl sites for hydroxylation is 1. The van der Waals surface area contributed by atoms with Gasteiger partial charge >= 0.3 is 0 Å². The molecule has 3 aromatic rings. The van der Waals surface area contributed by atoms with E-state index in [4.69, 9.17) is 0 Å². The fraction of sp³-hybridized carbons (Fsp3) is 0.308. The summed E-state index contributed by atoms with van der Waals surface area (Å²) in [4.78, 5) is 21.9. The Morgan fingerprint density at radius 3 is 2.60 bits per heavy atom. The lowest BCUT2D eigenvalue weighted by Gasteiger charge is -2.44. The van der Waals surface area contributed by atoms with E-state index in [-0.39, 0.29) is 11.8 Å². The molecule has 0 amide bonds. The molecule has 1 aliphatic rings. The smallest absolute Gasteiger partial charge is 0.167 e. The van der Waals surface area contributed by atoms with Gasteiger partial charge in [-0.2, -0.15) is 0 Å². The maximum Gasteiger partial charge on any atom is 0.167 e. The highest BCUT2D eigenvalue weighted by Gasteiger charge is 2.43. The lowest BCUT2D eigenvalue weighted by atomic mass is 9.74. The molecule has 1 atom stereocenters. The monoisotopic (exact) mass is 416 g/mol. The molecule has 2 aromatic heterocycles. The highest BCUT2D eigenvalue weighted by atomic mass is 32.1. The summed E-state index contributed by atoms with van der Waals surface area (Å²) in [7, 11) is 0. The largest absolute Gasteiger partial charge is 0.294 e. The maximum absolute atomic E-state index is 13.6. The van der Waals surface area contributed by atoms with Crippen molar-refractivity contribution >= 4 is 23.2 Å². The van der Waals surface area contributed by atoms with Crippen LogP contribution in [-0.2, 0) is 11.2 Å². The molecule has 1 aliphatic heterocycles. The molecular formula is C26H28N2OS. The van der Waals surface area contributed by atoms with Crippen molar-refractivity contribution in [2.75, 3.05) is 13.1 Å². The van der Waals surface area contributed by atoms with E-state index in [1.165, 1.54) is 10.4 Å². The lowest BCUT2D eigenvalue weighted by Crippen LogP contribution is -2.49. The van der Waals surface area contributed by atoms with Gasteiger partial charge in [0.2, 0.25) is 0 Å². The van der Waals surface area contributed by atoms with Crippen LogP contribution in [0.15, 0.2) is 71.7 Å². The van der Waals surface area contributed by atoms with Crippen LogP contribution in [0.5, 0.6) is 0 Å². The zero-order valence-electron chi connectivity index (χ0n) is 17.8. The Bertz CT molecular complexity index is 1020. The number of benzene rings is 1. The highest BCUT2D eigenvalue weighted by Crippen LogP contribution is 2.41. The molecule has 1 aromatic carbocycles. The standard InChI is InChI=1S/C26H28N2OS/c1-19-9-11-20(12-10-19)24-23(17-21-7-4-5-14-27-21)25(29)26(2,3)18-28(24)15-13-22-8-6-16-30-22/h4-12,14,16-17,24H,13,15,18H2,1-3H3. The molecule has 0 radical (unpaired) electrons. The number of carbonyl (C=O) groups is 1. The molecule has 4 rings (SSSR count). The minimum absolute atomic E-state index is 0.0620. The molecular weight excluding hydrogens is 388 g/mol. The quantitative estimate of drug-likeness (QED) is 0.498. The van der Waals surface area contributed by atoms with E-state index in [0.29, 0.717) is 0 Å². The van der Waals surface area contributed by atoms with Crippen LogP contribution in [-0.4, -0.2) is 28.8 Å². The summed E-state index contributed by atoms with van der Waals surface area (Å²) in [5, 5.41) is 2.13. The van der Waals surface area contributed by atoms with Gasteiger partial charge in [-0.3, -0.25) is 14.7 Å². The summed E-state index contributed by atoms with van der Waals surface area (Å²) < 4.78 is 0. The number of hydrogen-bond acceptors (Lipinski definition) is 4. The summed E-state index contributed by atoms with van der Waals surface area (Å²) in [5.41, 5.74) is 3.62. The van der Waals surface area contributed by atoms with Crippen LogP contribution in [0.1, 0.15) is 41.6 Å². The van der Waals surface area contributed by atoms with Crippen molar-refractivity contribution in [3.8, 4) is 0 Å². The van der Waals surface area contributed by atoms with E-state index in [1.54, 1.807) is 17.5 Å². The van der Waals surface area contributed by atoms with Gasteiger partial charge in [-0.15, -0.1) is 11.3 Å². The minimum Gasteiger partial charge on any atom is -0.294 e. The molecule has 0 N–H and O–H groups in total. The number of rotatable bonds is 5. The molecule has 30 heavy (non-hydrogen) atoms. The topological polar surface area (TPSA) is 33.2 Å². The van der Waals surface area contributed by atoms with Gasteiger partial charge in [0.25, 0.3) is 0 Å². The summed E-state index contributed by atoms with van der Waals surface area (Å²) in [5.74, 6) is 0.214. The zero-order chi connectivity index (χ0) is 21.1. The predicted octanol–water partition coefficient (Wildman–Crippen LogP) is 5.73. The normalized spacial score (nSPS) is 20.6. The lowest BCUT2D eigenvalue weighted by molar-refractivity contribution is -0.128. The van der Waals surface area contributed by atoms with Gasteiger partial charge in [0.15, 0.2) is 5.78 Å². The van der Waals surface area contributed by atoms with Crippen LogP contribution in [0.4, 0.5) is 0 Å². The Morgan fingerprint density at radius 1 is 1.13 bits per heavy atom. The first-order valence-corrected chi connectivity index (χ1v) is 11.3. The van der Waals surface area contributed by atoms with Crippen molar-refractivity contribution in [3.63, 3.8) is 0 Å². The maximum atomic E-state index is 13.6. The molecule has 1 saturated heterocycles. The minimum atomic E-state index is -0.433. The van der Waals surface area contributed by atoms with Crippen LogP contribution in [0.25, 0.3) is 6.08 Å². The van der Waals surface area contributed by atoms with E-state index in [9.17, 15) is 4.79 Å². The number of likely N-dealkylation sites (tertiary alicyclic amines) is 1. The molecule has 3 nitrogen and oxygen atoms in total. The van der Waals surface area contributed by atoms with Crippen molar-refractivity contribution in [1.82, 2.24) is 9.88 Å². The number of hydrogen-bond donors (Lipinski definition) is 0. The number of thiophene rings is 1. The highest BCUT2D eigenvalue weighted by molar-refractivity contribution is 7.09. The molecule has 1 unspecified atom stereocenters. The second-order valence-corrected chi connectivity index (χ2v) is 9.71. The summed E-state index contributed by atoms with van der Waals surface area (Å²) in [6.45, 7) is 7.87. The Hall–Kier alpha value is -2.56. The number of ketones is 1. The van der Waals surface area contributed by atoms with Gasteiger partial charge in [0.05, 0.1) is 11.7 Å². The summed E-state index contributed by atoms with van der Waals surface area (Å²) >= 11 is 1.80. The SMILES string of the molecule is Cc1ccc(C2C(=Cc3ccccn3)C(=O)C(C)(C)CN2CCc2cccs2)cc1. The molecule has 3 heterocycles. The van der Waals surface area contributed by atoms with Gasteiger partial charge < -0.3 is 0 Å². The van der Waals surface area contributed by atoms with Crippen molar-refractivity contribution < 1.29 is 4.79 Å². The Morgan fingerprint density at radius 2 is 1.93 bits per heavy atom. The summed E-state index contributed by atoms with van der Waals surface area (Å²) in [6.07, 6.45) is 4.76. The predicted molar refractivity (Wildman–Crippen MR) is 125 cm³/mol. The molecule has 4 heteroatoms. The van der Waals surface area contributed by atoms with Gasteiger partial charge in [-0.25, -0.2) is 0 Å². The number of pyridine rings is 1. The van der Waals surface area contributed by atoms with Crippen LogP contribution >= 0.6 is 11.3 Å². The first-order valence-electron chi connectivity index (χ1n) is 10.4. The van der Waals surface area contributed by atoms with E-state index in [0.717, 1.165) is 36.3 Å². The second-order valence-electron chi connectivity index (χ2n) is 8.68. The van der Waals surface area contributed by atoms with Crippen molar-refractivity contribution in [2.45, 2.75) is 33.2 Å². The molecule has 0 spiro atoms. The molecule has 0 aliphatic carbocycles. The average Bonchev–Trinajstić information content (AvgIpc) is 3.25. The Labute approximate surface area is 183 Å². The van der Waals surface area contributed by atoms with Crippen LogP contribution in [0.3, 0.4) is 0 Å². The average molecular weight is 417 g/mol. The molecule has 154 valence electrons. The van der Waals surface area contributed by atoms with Gasteiger partial charge in [-0.05, 0) is 48.6 Å². The second kappa shape index (κ2) is 8.66. The molecule has 0 bridgehead atoms. The van der Waals surface area contributed by atoms with Gasteiger partial charge in [-0.1, -0.05) is 55.8 Å². The van der Waals surface area contributed by atoms with E-state index in [1.807, 2.05) is 24.3 Å². The van der Waals surface area contributed by atoms with E-state index in [2.05, 4.69) is 72.4 Å². The molecule has 1 fully saturated rings. The number of nitrogens with zero attached hydrogens (tertiary/aromatic N) is 2. The van der Waals surface area contributed by atoms with E-state index < -0.39 is 5.41 Å². The zero-order valence-corrected chi connectivity index (χ0v) is 18.7. The van der Waals surface area contributed by atoms with Crippen molar-refractivity contribution in [2.24, 2.45) is 5.41 Å². The fourth-order valence-electron chi connectivity index (χ4n) is 4.20. The number of piperidine rings is 1. The Balaban J connectivity index is 1.77. The fourth-order valence-corrected chi connectivity index (χ4v) is 4.90. The van der Waals surface area contributed by atoms with Gasteiger partial charge in [0, 0.05) is 35.2 Å². The summed E-state index contributed by atoms with van der Waals surface area (Å²) in [6, 6.07) is 18.7. The van der Waals surface area contributed by atoms with Crippen LogP contribution < -0.4 is 0 Å². The van der Waals surface area contributed by atoms with Crippen molar-refractivity contribution in [1.29, 1.82) is 0 Å². The van der Waals surface area contributed by atoms with Crippen LogP contribution in [0, 0.1) is 12.3 Å². The number of Topliss-reactive ketones (excluding diaryl/α,β-unsaturated/α-hetero) is 1. The van der Waals surface area contributed by atoms with E-state index >= 15 is 0 Å².